The molecule has 11 heteroatoms. The fourth-order valence-corrected chi connectivity index (χ4v) is 4.72. The van der Waals surface area contributed by atoms with E-state index in [1.54, 1.807) is 25.2 Å². The molecule has 0 fully saturated rings. The van der Waals surface area contributed by atoms with Crippen LogP contribution in [0.1, 0.15) is 46.1 Å². The van der Waals surface area contributed by atoms with Crippen LogP contribution in [0.15, 0.2) is 54.2 Å². The molecule has 2 rings (SSSR count). The highest BCUT2D eigenvalue weighted by Gasteiger charge is 2.26. The number of ether oxygens (including phenoxy) is 2. The van der Waals surface area contributed by atoms with Gasteiger partial charge in [0.25, 0.3) is 5.91 Å². The van der Waals surface area contributed by atoms with Crippen molar-refractivity contribution in [1.29, 1.82) is 0 Å². The highest BCUT2D eigenvalue weighted by atomic mass is 16.6. The van der Waals surface area contributed by atoms with Crippen molar-refractivity contribution in [3.8, 4) is 11.5 Å². The fourth-order valence-electron chi connectivity index (χ4n) is 4.72. The molecule has 2 bridgehead atoms. The molecule has 0 saturated heterocycles. The van der Waals surface area contributed by atoms with Gasteiger partial charge in [0.15, 0.2) is 6.10 Å². The Bertz CT molecular complexity index is 1190. The second-order valence-electron chi connectivity index (χ2n) is 10.4. The number of primary amides is 1. The summed E-state index contributed by atoms with van der Waals surface area (Å²) in [6, 6.07) is 1.11. The third-order valence-electron chi connectivity index (χ3n) is 7.04. The van der Waals surface area contributed by atoms with Crippen LogP contribution >= 0.6 is 0 Å². The van der Waals surface area contributed by atoms with Crippen molar-refractivity contribution in [2.45, 2.75) is 65.3 Å². The van der Waals surface area contributed by atoms with Gasteiger partial charge in [-0.25, -0.2) is 9.86 Å². The molecule has 0 radical (unpaired) electrons. The van der Waals surface area contributed by atoms with Crippen LogP contribution in [0.3, 0.4) is 0 Å². The summed E-state index contributed by atoms with van der Waals surface area (Å²) in [4.78, 5) is 24.6. The predicted molar refractivity (Wildman–Crippen MR) is 155 cm³/mol. The Balaban J connectivity index is 2.62. The molecule has 5 atom stereocenters. The number of phenols is 1. The van der Waals surface area contributed by atoms with Gasteiger partial charge in [-0.15, -0.1) is 6.58 Å². The molecule has 1 aromatic carbocycles. The first-order valence-corrected chi connectivity index (χ1v) is 13.4. The van der Waals surface area contributed by atoms with Crippen LogP contribution in [0.2, 0.25) is 0 Å². The number of benzene rings is 1. The smallest absolute Gasteiger partial charge is 0.405 e. The average molecular weight is 573 g/mol. The minimum Gasteiger partial charge on any atom is -0.871 e. The molecule has 1 heterocycles. The summed E-state index contributed by atoms with van der Waals surface area (Å²) in [5.41, 5.74) is 6.10. The number of rotatable bonds is 5. The Morgan fingerprint density at radius 3 is 2.61 bits per heavy atom. The molecule has 1 aliphatic heterocycles. The minimum atomic E-state index is -0.989. The molecule has 0 aromatic heterocycles. The summed E-state index contributed by atoms with van der Waals surface area (Å²) in [5.74, 6) is -1.98. The van der Waals surface area contributed by atoms with Gasteiger partial charge in [0.1, 0.15) is 17.5 Å². The number of aliphatic hydroxyl groups excluding tert-OH is 1. The summed E-state index contributed by atoms with van der Waals surface area (Å²) >= 11 is 0. The zero-order chi connectivity index (χ0) is 30.9. The molecule has 2 amide bonds. The van der Waals surface area contributed by atoms with Crippen molar-refractivity contribution in [2.24, 2.45) is 17.6 Å². The van der Waals surface area contributed by atoms with Gasteiger partial charge >= 0.3 is 6.09 Å². The number of fused-ring (bicyclic) bond motifs is 2. The zero-order valence-corrected chi connectivity index (χ0v) is 24.3. The predicted octanol–water partition coefficient (Wildman–Crippen LogP) is 3.68. The van der Waals surface area contributed by atoms with Crippen LogP contribution in [-0.2, 0) is 20.7 Å². The van der Waals surface area contributed by atoms with E-state index in [1.807, 2.05) is 13.8 Å². The Hall–Kier alpha value is -3.80. The standard InChI is InChI=1S/C30H43N3O8/c1-7-13-33(39)26-21-14-17(2)11-12-23(34)19(4)15-20(5)28(41-30(31)38)25(40-6)10-8-9-18(3)29(37)32-22(27(21)36)16-24(26)35/h7-10,15-17,19,23,25,28,34-36,39H,1,11-14H2,2-6H3,(H2,31,38)(H,32,37)/p-1/b10-8-,18-9+,20-15+/t17-,19-,23-,25-,28-/m0/s1. The largest absolute Gasteiger partial charge is 0.871 e. The van der Waals surface area contributed by atoms with Crippen LogP contribution in [0.4, 0.5) is 16.2 Å². The van der Waals surface area contributed by atoms with Gasteiger partial charge < -0.3 is 35.8 Å². The number of hydroxylamine groups is 1. The van der Waals surface area contributed by atoms with Crippen LogP contribution in [0.25, 0.3) is 0 Å². The molecular weight excluding hydrogens is 530 g/mol. The minimum absolute atomic E-state index is 0.0425. The van der Waals surface area contributed by atoms with Gasteiger partial charge in [-0.2, -0.15) is 0 Å². The summed E-state index contributed by atoms with van der Waals surface area (Å²) in [6.07, 6.45) is 5.51. The molecule has 1 aliphatic rings. The van der Waals surface area contributed by atoms with Crippen molar-refractivity contribution in [2.75, 3.05) is 24.0 Å². The van der Waals surface area contributed by atoms with Gasteiger partial charge in [0, 0.05) is 30.4 Å². The highest BCUT2D eigenvalue weighted by molar-refractivity contribution is 6.04. The number of nitrogens with zero attached hydrogens (tertiary/aromatic N) is 1. The molecule has 11 nitrogen and oxygen atoms in total. The summed E-state index contributed by atoms with van der Waals surface area (Å²) < 4.78 is 10.9. The second kappa shape index (κ2) is 15.3. The number of phenolic OH excluding ortho intramolecular Hbond substituents is 1. The molecule has 41 heavy (non-hydrogen) atoms. The van der Waals surface area contributed by atoms with Crippen LogP contribution < -0.4 is 21.2 Å². The van der Waals surface area contributed by atoms with Crippen molar-refractivity contribution < 1.29 is 39.6 Å². The number of anilines is 2. The van der Waals surface area contributed by atoms with E-state index in [1.165, 1.54) is 26.2 Å². The lowest BCUT2D eigenvalue weighted by Gasteiger charge is -2.29. The normalized spacial score (nSPS) is 27.9. The Morgan fingerprint density at radius 2 is 2.00 bits per heavy atom. The number of carbonyl (C=O) groups is 2. The number of amides is 2. The SMILES string of the molecule is C=CCN(O)c1c(O)cc2c([O-])c1C[C@@H](C)CC[C@H](O)[C@@H](C)/C=C(\C)[C@H](OC(N)=O)[C@@H](OC)/C=C\C=C(/C)C(=O)N2. The van der Waals surface area contributed by atoms with E-state index in [4.69, 9.17) is 15.2 Å². The summed E-state index contributed by atoms with van der Waals surface area (Å²) in [6.45, 7) is 10.6. The maximum Gasteiger partial charge on any atom is 0.405 e. The third kappa shape index (κ3) is 9.10. The van der Waals surface area contributed by atoms with Gasteiger partial charge in [0.2, 0.25) is 0 Å². The van der Waals surface area contributed by atoms with Gasteiger partial charge in [-0.05, 0) is 50.2 Å². The topological polar surface area (TPSA) is 178 Å². The van der Waals surface area contributed by atoms with E-state index in [0.29, 0.717) is 18.4 Å². The Morgan fingerprint density at radius 1 is 1.32 bits per heavy atom. The average Bonchev–Trinajstić information content (AvgIpc) is 2.90. The van der Waals surface area contributed by atoms with Crippen molar-refractivity contribution in [1.82, 2.24) is 0 Å². The number of nitrogens with two attached hydrogens (primary N) is 1. The summed E-state index contributed by atoms with van der Waals surface area (Å²) in [5, 5.41) is 49.0. The molecule has 6 N–H and O–H groups in total. The van der Waals surface area contributed by atoms with Gasteiger partial charge in [0.05, 0.1) is 12.6 Å². The first-order chi connectivity index (χ1) is 19.3. The van der Waals surface area contributed by atoms with Crippen LogP contribution in [0.5, 0.6) is 11.5 Å². The number of hydrogen-bond donors (Lipinski definition) is 5. The highest BCUT2D eigenvalue weighted by Crippen LogP contribution is 2.42. The van der Waals surface area contributed by atoms with Crippen molar-refractivity contribution in [3.63, 3.8) is 0 Å². The van der Waals surface area contributed by atoms with Gasteiger partial charge in [-0.1, -0.05) is 50.0 Å². The van der Waals surface area contributed by atoms with E-state index in [-0.39, 0.29) is 53.1 Å². The monoisotopic (exact) mass is 572 g/mol. The first-order valence-electron chi connectivity index (χ1n) is 13.4. The number of aliphatic hydroxyl groups is 1. The maximum absolute atomic E-state index is 13.5. The number of allylic oxidation sites excluding steroid dienone is 2. The molecular formula is C30H42N3O8-. The number of carbonyl (C=O) groups excluding carboxylic acids is 2. The second-order valence-corrected chi connectivity index (χ2v) is 10.4. The van der Waals surface area contributed by atoms with E-state index in [2.05, 4.69) is 11.9 Å². The van der Waals surface area contributed by atoms with Gasteiger partial charge in [-0.3, -0.25) is 10.0 Å². The van der Waals surface area contributed by atoms with Crippen LogP contribution in [0, 0.1) is 11.8 Å². The van der Waals surface area contributed by atoms with E-state index < -0.39 is 36.1 Å². The van der Waals surface area contributed by atoms with Crippen LogP contribution in [-0.4, -0.2) is 59.4 Å². The van der Waals surface area contributed by atoms with Crippen molar-refractivity contribution >= 4 is 23.4 Å². The molecule has 226 valence electrons. The van der Waals surface area contributed by atoms with E-state index >= 15 is 0 Å². The summed E-state index contributed by atoms with van der Waals surface area (Å²) in [7, 11) is 1.43. The number of hydrogen-bond acceptors (Lipinski definition) is 9. The number of methoxy groups -OCH3 is 1. The fraction of sp³-hybridized carbons (Fsp3) is 0.467. The molecule has 0 unspecified atom stereocenters. The zero-order valence-electron chi connectivity index (χ0n) is 24.3. The Kier molecular flexibility index (Phi) is 12.4. The molecule has 1 aromatic rings. The van der Waals surface area contributed by atoms with E-state index in [9.17, 15) is 30.1 Å². The number of nitrogens with one attached hydrogen (secondary N) is 1. The van der Waals surface area contributed by atoms with E-state index in [0.717, 1.165) is 11.1 Å². The molecule has 0 spiro atoms. The first kappa shape index (κ1) is 33.4. The lowest BCUT2D eigenvalue weighted by Crippen LogP contribution is -2.35. The van der Waals surface area contributed by atoms with Crippen molar-refractivity contribution in [3.05, 3.63) is 59.7 Å². The molecule has 0 saturated carbocycles. The quantitative estimate of drug-likeness (QED) is 0.260. The lowest BCUT2D eigenvalue weighted by atomic mass is 9.89. The lowest BCUT2D eigenvalue weighted by molar-refractivity contribution is -0.268. The number of aromatic hydroxyl groups is 1. The maximum atomic E-state index is 13.5. The molecule has 0 aliphatic carbocycles. The third-order valence-corrected chi connectivity index (χ3v) is 7.04. The Labute approximate surface area is 241 Å².